The van der Waals surface area contributed by atoms with Gasteiger partial charge >= 0.3 is 0 Å². The first-order valence-electron chi connectivity index (χ1n) is 7.41. The van der Waals surface area contributed by atoms with Crippen LogP contribution in [0.4, 0.5) is 5.82 Å². The van der Waals surface area contributed by atoms with E-state index in [2.05, 4.69) is 44.0 Å². The minimum Gasteiger partial charge on any atom is -0.353 e. The fraction of sp³-hybridized carbons (Fsp3) is 0.688. The number of aryl methyl sites for hydroxylation is 2. The maximum Gasteiger partial charge on any atom is 0.133 e. The third-order valence-corrected chi connectivity index (χ3v) is 4.20. The quantitative estimate of drug-likeness (QED) is 0.906. The summed E-state index contributed by atoms with van der Waals surface area (Å²) in [5, 5.41) is 3.28. The Morgan fingerprint density at radius 2 is 2.05 bits per heavy atom. The summed E-state index contributed by atoms with van der Waals surface area (Å²) >= 11 is 0. The third kappa shape index (κ3) is 3.08. The molecular weight excluding hydrogens is 234 g/mol. The van der Waals surface area contributed by atoms with E-state index in [0.717, 1.165) is 24.7 Å². The van der Waals surface area contributed by atoms with Crippen molar-refractivity contribution in [1.29, 1.82) is 0 Å². The molecule has 19 heavy (non-hydrogen) atoms. The Labute approximate surface area is 117 Å². The van der Waals surface area contributed by atoms with Gasteiger partial charge in [0.05, 0.1) is 0 Å². The standard InChI is InChI=1S/C16H27N3/c1-11-6-7-14(4)19(10-11)16-15(9-17-5)12(2)8-13(3)18-16/h8,11,14,17H,6-7,9-10H2,1-5H3. The van der Waals surface area contributed by atoms with E-state index in [1.165, 1.54) is 29.8 Å². The van der Waals surface area contributed by atoms with E-state index in [4.69, 9.17) is 4.98 Å². The molecule has 1 aromatic heterocycles. The van der Waals surface area contributed by atoms with Gasteiger partial charge in [-0.25, -0.2) is 4.98 Å². The van der Waals surface area contributed by atoms with Crippen molar-refractivity contribution in [3.05, 3.63) is 22.9 Å². The fourth-order valence-electron chi connectivity index (χ4n) is 3.06. The molecular formula is C16H27N3. The van der Waals surface area contributed by atoms with Crippen LogP contribution in [0.1, 0.15) is 43.5 Å². The Bertz CT molecular complexity index is 442. The van der Waals surface area contributed by atoms with Crippen LogP contribution in [-0.2, 0) is 6.54 Å². The highest BCUT2D eigenvalue weighted by Gasteiger charge is 2.26. The molecule has 1 aliphatic rings. The molecule has 0 spiro atoms. The van der Waals surface area contributed by atoms with Crippen LogP contribution in [0.5, 0.6) is 0 Å². The van der Waals surface area contributed by atoms with E-state index in [1.54, 1.807) is 0 Å². The van der Waals surface area contributed by atoms with Crippen molar-refractivity contribution in [3.63, 3.8) is 0 Å². The molecule has 1 aromatic rings. The molecule has 1 aliphatic heterocycles. The summed E-state index contributed by atoms with van der Waals surface area (Å²) < 4.78 is 0. The van der Waals surface area contributed by atoms with Crippen molar-refractivity contribution in [2.45, 2.75) is 53.1 Å². The van der Waals surface area contributed by atoms with Crippen molar-refractivity contribution < 1.29 is 0 Å². The van der Waals surface area contributed by atoms with Gasteiger partial charge in [0.25, 0.3) is 0 Å². The monoisotopic (exact) mass is 261 g/mol. The maximum absolute atomic E-state index is 4.85. The van der Waals surface area contributed by atoms with Crippen LogP contribution in [0.2, 0.25) is 0 Å². The lowest BCUT2D eigenvalue weighted by Crippen LogP contribution is -2.42. The molecule has 0 saturated carbocycles. The van der Waals surface area contributed by atoms with Gasteiger partial charge in [-0.3, -0.25) is 0 Å². The smallest absolute Gasteiger partial charge is 0.133 e. The second kappa shape index (κ2) is 5.91. The molecule has 3 heteroatoms. The first-order chi connectivity index (χ1) is 9.02. The van der Waals surface area contributed by atoms with Gasteiger partial charge in [-0.1, -0.05) is 6.92 Å². The zero-order valence-corrected chi connectivity index (χ0v) is 13.0. The van der Waals surface area contributed by atoms with Crippen molar-refractivity contribution in [2.24, 2.45) is 5.92 Å². The fourth-order valence-corrected chi connectivity index (χ4v) is 3.06. The minimum atomic E-state index is 0.598. The minimum absolute atomic E-state index is 0.598. The topological polar surface area (TPSA) is 28.2 Å². The van der Waals surface area contributed by atoms with E-state index in [0.29, 0.717) is 6.04 Å². The average Bonchev–Trinajstić information content (AvgIpc) is 2.35. The van der Waals surface area contributed by atoms with Gasteiger partial charge in [0.15, 0.2) is 0 Å². The lowest BCUT2D eigenvalue weighted by Gasteiger charge is -2.39. The zero-order valence-electron chi connectivity index (χ0n) is 13.0. The molecule has 0 amide bonds. The SMILES string of the molecule is CNCc1c(C)cc(C)nc1N1CC(C)CCC1C. The summed E-state index contributed by atoms with van der Waals surface area (Å²) in [6.45, 7) is 11.0. The van der Waals surface area contributed by atoms with E-state index in [9.17, 15) is 0 Å². The van der Waals surface area contributed by atoms with Gasteiger partial charge in [0, 0.05) is 30.4 Å². The van der Waals surface area contributed by atoms with Gasteiger partial charge in [0.1, 0.15) is 5.82 Å². The van der Waals surface area contributed by atoms with E-state index >= 15 is 0 Å². The Morgan fingerprint density at radius 3 is 2.74 bits per heavy atom. The lowest BCUT2D eigenvalue weighted by molar-refractivity contribution is 0.387. The number of aromatic nitrogens is 1. The van der Waals surface area contributed by atoms with Crippen molar-refractivity contribution in [3.8, 4) is 0 Å². The molecule has 106 valence electrons. The van der Waals surface area contributed by atoms with E-state index in [1.807, 2.05) is 7.05 Å². The molecule has 3 nitrogen and oxygen atoms in total. The number of nitrogens with zero attached hydrogens (tertiary/aromatic N) is 2. The molecule has 2 atom stereocenters. The van der Waals surface area contributed by atoms with Crippen LogP contribution >= 0.6 is 0 Å². The summed E-state index contributed by atoms with van der Waals surface area (Å²) in [5.41, 5.74) is 3.83. The van der Waals surface area contributed by atoms with Crippen molar-refractivity contribution in [2.75, 3.05) is 18.5 Å². The van der Waals surface area contributed by atoms with E-state index < -0.39 is 0 Å². The van der Waals surface area contributed by atoms with Crippen LogP contribution in [0, 0.1) is 19.8 Å². The number of anilines is 1. The number of rotatable bonds is 3. The average molecular weight is 261 g/mol. The van der Waals surface area contributed by atoms with Crippen molar-refractivity contribution >= 4 is 5.82 Å². The maximum atomic E-state index is 4.85. The highest BCUT2D eigenvalue weighted by atomic mass is 15.2. The Morgan fingerprint density at radius 1 is 1.32 bits per heavy atom. The predicted octanol–water partition coefficient (Wildman–Crippen LogP) is 3.04. The summed E-state index contributed by atoms with van der Waals surface area (Å²) in [7, 11) is 2.01. The molecule has 0 aliphatic carbocycles. The number of nitrogens with one attached hydrogen (secondary N) is 1. The van der Waals surface area contributed by atoms with Gasteiger partial charge in [0.2, 0.25) is 0 Å². The normalized spacial score (nSPS) is 23.7. The molecule has 1 saturated heterocycles. The molecule has 2 unspecified atom stereocenters. The van der Waals surface area contributed by atoms with E-state index in [-0.39, 0.29) is 0 Å². The molecule has 0 bridgehead atoms. The van der Waals surface area contributed by atoms with Crippen LogP contribution in [-0.4, -0.2) is 24.6 Å². The highest BCUT2D eigenvalue weighted by Crippen LogP contribution is 2.30. The summed E-state index contributed by atoms with van der Waals surface area (Å²) in [4.78, 5) is 7.36. The Hall–Kier alpha value is -1.09. The van der Waals surface area contributed by atoms with Gasteiger partial charge in [-0.05, 0) is 58.2 Å². The summed E-state index contributed by atoms with van der Waals surface area (Å²) in [6.07, 6.45) is 2.61. The lowest BCUT2D eigenvalue weighted by atomic mass is 9.94. The first kappa shape index (κ1) is 14.3. The van der Waals surface area contributed by atoms with Crippen LogP contribution in [0.3, 0.4) is 0 Å². The van der Waals surface area contributed by atoms with Crippen LogP contribution in [0.15, 0.2) is 6.07 Å². The van der Waals surface area contributed by atoms with Gasteiger partial charge in [-0.2, -0.15) is 0 Å². The van der Waals surface area contributed by atoms with Gasteiger partial charge in [-0.15, -0.1) is 0 Å². The number of hydrogen-bond donors (Lipinski definition) is 1. The Kier molecular flexibility index (Phi) is 4.46. The number of pyridine rings is 1. The third-order valence-electron chi connectivity index (χ3n) is 4.20. The second-order valence-corrected chi connectivity index (χ2v) is 6.10. The second-order valence-electron chi connectivity index (χ2n) is 6.10. The summed E-state index contributed by atoms with van der Waals surface area (Å²) in [6, 6.07) is 2.79. The largest absolute Gasteiger partial charge is 0.353 e. The number of hydrogen-bond acceptors (Lipinski definition) is 3. The highest BCUT2D eigenvalue weighted by molar-refractivity contribution is 5.52. The van der Waals surface area contributed by atoms with Gasteiger partial charge < -0.3 is 10.2 Å². The molecule has 1 N–H and O–H groups in total. The van der Waals surface area contributed by atoms with Crippen molar-refractivity contribution in [1.82, 2.24) is 10.3 Å². The molecule has 2 rings (SSSR count). The molecule has 2 heterocycles. The summed E-state index contributed by atoms with van der Waals surface area (Å²) in [5.74, 6) is 1.96. The van der Waals surface area contributed by atoms with Crippen LogP contribution < -0.4 is 10.2 Å². The number of piperidine rings is 1. The zero-order chi connectivity index (χ0) is 14.0. The Balaban J connectivity index is 2.41. The molecule has 0 radical (unpaired) electrons. The molecule has 1 fully saturated rings. The first-order valence-corrected chi connectivity index (χ1v) is 7.41. The molecule has 0 aromatic carbocycles. The van der Waals surface area contributed by atoms with Crippen LogP contribution in [0.25, 0.3) is 0 Å². The predicted molar refractivity (Wildman–Crippen MR) is 81.7 cm³/mol.